The van der Waals surface area contributed by atoms with Crippen LogP contribution >= 0.6 is 15.9 Å². The van der Waals surface area contributed by atoms with E-state index in [-0.39, 0.29) is 5.92 Å². The fourth-order valence-corrected chi connectivity index (χ4v) is 2.61. The highest BCUT2D eigenvalue weighted by Gasteiger charge is 2.24. The first-order valence-electron chi connectivity index (χ1n) is 5.67. The summed E-state index contributed by atoms with van der Waals surface area (Å²) >= 11 is 3.37. The standard InChI is InChI=1S/C13H16BrF/c14-12-8-6-11(7-9-12)13(15)10-4-2-1-3-5-10/h6-10,13H,1-5H2. The van der Waals surface area contributed by atoms with E-state index in [1.54, 1.807) is 0 Å². The molecule has 1 aromatic carbocycles. The molecule has 1 fully saturated rings. The van der Waals surface area contributed by atoms with Crippen LogP contribution in [0.3, 0.4) is 0 Å². The molecule has 0 radical (unpaired) electrons. The minimum atomic E-state index is -0.765. The van der Waals surface area contributed by atoms with Gasteiger partial charge in [0, 0.05) is 4.47 Å². The molecule has 1 aliphatic carbocycles. The summed E-state index contributed by atoms with van der Waals surface area (Å²) in [6.45, 7) is 0. The van der Waals surface area contributed by atoms with Gasteiger partial charge in [-0.15, -0.1) is 0 Å². The van der Waals surface area contributed by atoms with E-state index < -0.39 is 6.17 Å². The quantitative estimate of drug-likeness (QED) is 0.706. The summed E-state index contributed by atoms with van der Waals surface area (Å²) in [5.41, 5.74) is 0.838. The second kappa shape index (κ2) is 5.11. The van der Waals surface area contributed by atoms with Crippen molar-refractivity contribution in [3.05, 3.63) is 34.3 Å². The molecule has 1 saturated carbocycles. The highest BCUT2D eigenvalue weighted by molar-refractivity contribution is 9.10. The van der Waals surface area contributed by atoms with Crippen molar-refractivity contribution in [2.24, 2.45) is 5.92 Å². The molecule has 1 aromatic rings. The summed E-state index contributed by atoms with van der Waals surface area (Å²) in [6.07, 6.45) is 5.01. The van der Waals surface area contributed by atoms with Crippen LogP contribution in [-0.4, -0.2) is 0 Å². The van der Waals surface area contributed by atoms with Crippen molar-refractivity contribution < 1.29 is 4.39 Å². The minimum absolute atomic E-state index is 0.250. The Hall–Kier alpha value is -0.370. The zero-order chi connectivity index (χ0) is 10.7. The van der Waals surface area contributed by atoms with E-state index in [2.05, 4.69) is 15.9 Å². The normalized spacial score (nSPS) is 20.1. The highest BCUT2D eigenvalue weighted by Crippen LogP contribution is 2.37. The van der Waals surface area contributed by atoms with Crippen LogP contribution in [0.5, 0.6) is 0 Å². The number of alkyl halides is 1. The van der Waals surface area contributed by atoms with Crippen molar-refractivity contribution in [2.75, 3.05) is 0 Å². The molecule has 2 heteroatoms. The third-order valence-electron chi connectivity index (χ3n) is 3.25. The zero-order valence-corrected chi connectivity index (χ0v) is 10.3. The van der Waals surface area contributed by atoms with Gasteiger partial charge in [-0.3, -0.25) is 0 Å². The van der Waals surface area contributed by atoms with E-state index in [1.807, 2.05) is 24.3 Å². The predicted molar refractivity (Wildman–Crippen MR) is 64.6 cm³/mol. The molecule has 0 nitrogen and oxygen atoms in total. The molecule has 0 spiro atoms. The Labute approximate surface area is 99.0 Å². The van der Waals surface area contributed by atoms with Gasteiger partial charge in [-0.05, 0) is 36.5 Å². The van der Waals surface area contributed by atoms with Crippen LogP contribution in [0.1, 0.15) is 43.8 Å². The molecule has 82 valence electrons. The summed E-state index contributed by atoms with van der Waals surface area (Å²) < 4.78 is 15.2. The molecule has 1 atom stereocenters. The van der Waals surface area contributed by atoms with Gasteiger partial charge in [0.2, 0.25) is 0 Å². The van der Waals surface area contributed by atoms with Crippen molar-refractivity contribution in [3.8, 4) is 0 Å². The molecule has 1 unspecified atom stereocenters. The van der Waals surface area contributed by atoms with Gasteiger partial charge < -0.3 is 0 Å². The summed E-state index contributed by atoms with van der Waals surface area (Å²) in [6, 6.07) is 7.63. The first-order valence-corrected chi connectivity index (χ1v) is 6.46. The van der Waals surface area contributed by atoms with Crippen molar-refractivity contribution in [2.45, 2.75) is 38.3 Å². The van der Waals surface area contributed by atoms with Gasteiger partial charge >= 0.3 is 0 Å². The second-order valence-corrected chi connectivity index (χ2v) is 5.27. The molecule has 0 heterocycles. The molecule has 15 heavy (non-hydrogen) atoms. The van der Waals surface area contributed by atoms with E-state index in [0.29, 0.717) is 0 Å². The molecule has 1 aliphatic rings. The summed E-state index contributed by atoms with van der Waals surface area (Å²) in [7, 11) is 0. The maximum atomic E-state index is 14.1. The molecule has 0 amide bonds. The number of halogens is 2. The average molecular weight is 271 g/mol. The topological polar surface area (TPSA) is 0 Å². The number of hydrogen-bond donors (Lipinski definition) is 0. The molecule has 0 aliphatic heterocycles. The lowest BCUT2D eigenvalue weighted by atomic mass is 9.83. The molecule has 0 saturated heterocycles. The summed E-state index contributed by atoms with van der Waals surface area (Å²) in [5, 5.41) is 0. The minimum Gasteiger partial charge on any atom is -0.242 e. The Morgan fingerprint density at radius 3 is 2.27 bits per heavy atom. The molecule has 0 bridgehead atoms. The average Bonchev–Trinajstić information content (AvgIpc) is 2.30. The predicted octanol–water partition coefficient (Wildman–Crippen LogP) is 5.04. The van der Waals surface area contributed by atoms with Crippen LogP contribution in [0.25, 0.3) is 0 Å². The van der Waals surface area contributed by atoms with Crippen molar-refractivity contribution in [1.29, 1.82) is 0 Å². The second-order valence-electron chi connectivity index (χ2n) is 4.35. The number of benzene rings is 1. The highest BCUT2D eigenvalue weighted by atomic mass is 79.9. The monoisotopic (exact) mass is 270 g/mol. The van der Waals surface area contributed by atoms with Crippen LogP contribution in [-0.2, 0) is 0 Å². The molecule has 0 aromatic heterocycles. The number of hydrogen-bond acceptors (Lipinski definition) is 0. The third kappa shape index (κ3) is 2.81. The Bertz CT molecular complexity index is 301. The van der Waals surface area contributed by atoms with E-state index in [1.165, 1.54) is 19.3 Å². The Morgan fingerprint density at radius 1 is 1.07 bits per heavy atom. The first kappa shape index (κ1) is 11.1. The van der Waals surface area contributed by atoms with E-state index in [0.717, 1.165) is 22.9 Å². The van der Waals surface area contributed by atoms with E-state index >= 15 is 0 Å². The van der Waals surface area contributed by atoms with Crippen LogP contribution < -0.4 is 0 Å². The largest absolute Gasteiger partial charge is 0.242 e. The zero-order valence-electron chi connectivity index (χ0n) is 8.76. The summed E-state index contributed by atoms with van der Waals surface area (Å²) in [4.78, 5) is 0. The Kier molecular flexibility index (Phi) is 3.79. The maximum absolute atomic E-state index is 14.1. The van der Waals surface area contributed by atoms with Crippen LogP contribution in [0.15, 0.2) is 28.7 Å². The van der Waals surface area contributed by atoms with Crippen molar-refractivity contribution in [1.82, 2.24) is 0 Å². The van der Waals surface area contributed by atoms with Gasteiger partial charge in [-0.1, -0.05) is 47.3 Å². The lowest BCUT2D eigenvalue weighted by Gasteiger charge is -2.25. The fourth-order valence-electron chi connectivity index (χ4n) is 2.35. The van der Waals surface area contributed by atoms with Crippen LogP contribution in [0, 0.1) is 5.92 Å². The van der Waals surface area contributed by atoms with Gasteiger partial charge in [-0.25, -0.2) is 4.39 Å². The van der Waals surface area contributed by atoms with Gasteiger partial charge in [0.1, 0.15) is 6.17 Å². The molecular formula is C13H16BrF. The molecule has 2 rings (SSSR count). The smallest absolute Gasteiger partial charge is 0.128 e. The Morgan fingerprint density at radius 2 is 1.67 bits per heavy atom. The Balaban J connectivity index is 2.05. The maximum Gasteiger partial charge on any atom is 0.128 e. The van der Waals surface area contributed by atoms with Gasteiger partial charge in [0.05, 0.1) is 0 Å². The van der Waals surface area contributed by atoms with Gasteiger partial charge in [0.25, 0.3) is 0 Å². The van der Waals surface area contributed by atoms with E-state index in [9.17, 15) is 4.39 Å². The number of rotatable bonds is 2. The SMILES string of the molecule is FC(c1ccc(Br)cc1)C1CCCCC1. The molecule has 0 N–H and O–H groups in total. The molecular weight excluding hydrogens is 255 g/mol. The summed E-state index contributed by atoms with van der Waals surface area (Å²) in [5.74, 6) is 0.250. The van der Waals surface area contributed by atoms with Crippen molar-refractivity contribution in [3.63, 3.8) is 0 Å². The lowest BCUT2D eigenvalue weighted by Crippen LogP contribution is -2.12. The van der Waals surface area contributed by atoms with Gasteiger partial charge in [0.15, 0.2) is 0 Å². The van der Waals surface area contributed by atoms with Crippen molar-refractivity contribution >= 4 is 15.9 Å². The fraction of sp³-hybridized carbons (Fsp3) is 0.538. The van der Waals surface area contributed by atoms with Gasteiger partial charge in [-0.2, -0.15) is 0 Å². The lowest BCUT2D eigenvalue weighted by molar-refractivity contribution is 0.183. The van der Waals surface area contributed by atoms with Crippen LogP contribution in [0.2, 0.25) is 0 Å². The van der Waals surface area contributed by atoms with Crippen LogP contribution in [0.4, 0.5) is 4.39 Å². The first-order chi connectivity index (χ1) is 7.27. The van der Waals surface area contributed by atoms with E-state index in [4.69, 9.17) is 0 Å². The third-order valence-corrected chi connectivity index (χ3v) is 3.78.